The van der Waals surface area contributed by atoms with Gasteiger partial charge in [0.05, 0.1) is 13.2 Å². The monoisotopic (exact) mass is 628 g/mol. The third kappa shape index (κ3) is 29.4. The molecule has 0 aliphatic carbocycles. The second kappa shape index (κ2) is 33.0. The smallest absolute Gasteiger partial charge is 0.466 e. The summed E-state index contributed by atoms with van der Waals surface area (Å²) in [5, 5.41) is 9.01. The number of hydrogen-bond acceptors (Lipinski definition) is 7. The fraction of sp³-hybridized carbons (Fsp3) is 0.946. The van der Waals surface area contributed by atoms with E-state index in [2.05, 4.69) is 20.8 Å². The lowest BCUT2D eigenvalue weighted by Gasteiger charge is -2.19. The highest BCUT2D eigenvalue weighted by Gasteiger charge is 2.16. The SMILES string of the molecule is CCCCCCCCCC(CCCCCCCCOC(=O)CC(CCCC)CCCCCC)OC(=O)OCCN(C)CCO. The van der Waals surface area contributed by atoms with Gasteiger partial charge in [-0.05, 0) is 57.9 Å². The van der Waals surface area contributed by atoms with Crippen molar-refractivity contribution < 1.29 is 28.9 Å². The van der Waals surface area contributed by atoms with Crippen LogP contribution in [0, 0.1) is 5.92 Å². The van der Waals surface area contributed by atoms with E-state index in [9.17, 15) is 9.59 Å². The molecule has 0 fully saturated rings. The van der Waals surface area contributed by atoms with Gasteiger partial charge in [-0.25, -0.2) is 4.79 Å². The Hall–Kier alpha value is -1.34. The number of carbonyl (C=O) groups excluding carboxylic acids is 2. The Labute approximate surface area is 272 Å². The van der Waals surface area contributed by atoms with Crippen molar-refractivity contribution in [3.63, 3.8) is 0 Å². The largest absolute Gasteiger partial charge is 0.508 e. The molecule has 0 spiro atoms. The third-order valence-electron chi connectivity index (χ3n) is 8.64. The van der Waals surface area contributed by atoms with Gasteiger partial charge < -0.3 is 24.2 Å². The van der Waals surface area contributed by atoms with Gasteiger partial charge in [0.25, 0.3) is 0 Å². The zero-order valence-corrected chi connectivity index (χ0v) is 29.6. The van der Waals surface area contributed by atoms with Crippen molar-refractivity contribution in [2.45, 2.75) is 181 Å². The first-order valence-corrected chi connectivity index (χ1v) is 18.7. The molecule has 44 heavy (non-hydrogen) atoms. The van der Waals surface area contributed by atoms with E-state index >= 15 is 0 Å². The summed E-state index contributed by atoms with van der Waals surface area (Å²) in [7, 11) is 1.89. The summed E-state index contributed by atoms with van der Waals surface area (Å²) in [6.45, 7) is 8.74. The van der Waals surface area contributed by atoms with Crippen LogP contribution in [0.25, 0.3) is 0 Å². The second-order valence-corrected chi connectivity index (χ2v) is 13.0. The van der Waals surface area contributed by atoms with Crippen LogP contribution < -0.4 is 0 Å². The molecule has 0 heterocycles. The predicted molar refractivity (Wildman–Crippen MR) is 183 cm³/mol. The third-order valence-corrected chi connectivity index (χ3v) is 8.64. The number of carbonyl (C=O) groups is 2. The van der Waals surface area contributed by atoms with Crippen LogP contribution in [0.2, 0.25) is 0 Å². The molecule has 0 saturated carbocycles. The summed E-state index contributed by atoms with van der Waals surface area (Å²) in [4.78, 5) is 26.6. The molecule has 0 aromatic carbocycles. The summed E-state index contributed by atoms with van der Waals surface area (Å²) in [5.41, 5.74) is 0. The lowest BCUT2D eigenvalue weighted by molar-refractivity contribution is -0.145. The summed E-state index contributed by atoms with van der Waals surface area (Å²) < 4.78 is 16.6. The molecule has 0 aliphatic rings. The van der Waals surface area contributed by atoms with E-state index in [1.165, 1.54) is 77.0 Å². The van der Waals surface area contributed by atoms with Crippen LogP contribution in [0.4, 0.5) is 4.79 Å². The lowest BCUT2D eigenvalue weighted by atomic mass is 9.92. The average Bonchev–Trinajstić information content (AvgIpc) is 3.00. The molecule has 2 unspecified atom stereocenters. The Kier molecular flexibility index (Phi) is 32.0. The number of aliphatic hydroxyl groups is 1. The molecule has 7 heteroatoms. The zero-order valence-electron chi connectivity index (χ0n) is 29.6. The van der Waals surface area contributed by atoms with E-state index in [4.69, 9.17) is 19.3 Å². The quantitative estimate of drug-likeness (QED) is 0.0572. The topological polar surface area (TPSA) is 85.3 Å². The zero-order chi connectivity index (χ0) is 32.5. The van der Waals surface area contributed by atoms with Gasteiger partial charge in [-0.15, -0.1) is 0 Å². The van der Waals surface area contributed by atoms with Crippen molar-refractivity contribution in [3.05, 3.63) is 0 Å². The number of aliphatic hydroxyl groups excluding tert-OH is 1. The predicted octanol–water partition coefficient (Wildman–Crippen LogP) is 10.0. The van der Waals surface area contributed by atoms with E-state index in [0.29, 0.717) is 32.0 Å². The van der Waals surface area contributed by atoms with Crippen LogP contribution in [0.3, 0.4) is 0 Å². The molecule has 7 nitrogen and oxygen atoms in total. The van der Waals surface area contributed by atoms with Crippen LogP contribution in [-0.2, 0) is 19.0 Å². The van der Waals surface area contributed by atoms with E-state index in [-0.39, 0.29) is 25.3 Å². The first-order valence-electron chi connectivity index (χ1n) is 18.7. The van der Waals surface area contributed by atoms with Crippen molar-refractivity contribution >= 4 is 12.1 Å². The minimum absolute atomic E-state index is 0.00991. The molecule has 0 rings (SSSR count). The van der Waals surface area contributed by atoms with Crippen LogP contribution in [0.5, 0.6) is 0 Å². The van der Waals surface area contributed by atoms with Gasteiger partial charge in [0.2, 0.25) is 0 Å². The molecule has 0 radical (unpaired) electrons. The molecule has 0 saturated heterocycles. The second-order valence-electron chi connectivity index (χ2n) is 13.0. The van der Waals surface area contributed by atoms with E-state index < -0.39 is 6.16 Å². The number of hydrogen-bond donors (Lipinski definition) is 1. The van der Waals surface area contributed by atoms with Gasteiger partial charge in [-0.2, -0.15) is 0 Å². The highest BCUT2D eigenvalue weighted by Crippen LogP contribution is 2.22. The number of ether oxygens (including phenoxy) is 3. The first-order chi connectivity index (χ1) is 21.5. The van der Waals surface area contributed by atoms with Crippen LogP contribution in [-0.4, -0.2) is 68.2 Å². The van der Waals surface area contributed by atoms with E-state index in [1.54, 1.807) is 0 Å². The highest BCUT2D eigenvalue weighted by atomic mass is 16.7. The van der Waals surface area contributed by atoms with E-state index in [0.717, 1.165) is 70.6 Å². The van der Waals surface area contributed by atoms with E-state index in [1.807, 2.05) is 11.9 Å². The summed E-state index contributed by atoms with van der Waals surface area (Å²) in [6, 6.07) is 0. The normalized spacial score (nSPS) is 12.8. The maximum absolute atomic E-state index is 12.4. The molecule has 0 bridgehead atoms. The molecule has 2 atom stereocenters. The van der Waals surface area contributed by atoms with Gasteiger partial charge in [0.15, 0.2) is 0 Å². The van der Waals surface area contributed by atoms with Crippen molar-refractivity contribution in [3.8, 4) is 0 Å². The molecular weight excluding hydrogens is 554 g/mol. The summed E-state index contributed by atoms with van der Waals surface area (Å²) in [6.07, 6.45) is 26.6. The Balaban J connectivity index is 4.19. The fourth-order valence-electron chi connectivity index (χ4n) is 5.69. The fourth-order valence-corrected chi connectivity index (χ4v) is 5.69. The molecule has 0 aromatic heterocycles. The maximum Gasteiger partial charge on any atom is 0.508 e. The van der Waals surface area contributed by atoms with Crippen molar-refractivity contribution in [1.82, 2.24) is 4.90 Å². The van der Waals surface area contributed by atoms with Gasteiger partial charge in [0, 0.05) is 19.5 Å². The van der Waals surface area contributed by atoms with Crippen molar-refractivity contribution in [2.75, 3.05) is 40.0 Å². The standard InChI is InChI=1S/C37H73NO6/c1-5-8-11-13-14-17-21-26-35(44-37(41)43-32-29-38(4)28-30-39)27-22-18-15-16-19-23-31-42-36(40)33-34(24-10-7-3)25-20-12-9-6-2/h34-35,39H,5-33H2,1-4H3. The van der Waals surface area contributed by atoms with Crippen molar-refractivity contribution in [2.24, 2.45) is 5.92 Å². The number of unbranched alkanes of at least 4 members (excludes halogenated alkanes) is 15. The minimum atomic E-state index is -0.571. The molecule has 0 aromatic rings. The van der Waals surface area contributed by atoms with Crippen LogP contribution >= 0.6 is 0 Å². The number of nitrogens with zero attached hydrogens (tertiary/aromatic N) is 1. The van der Waals surface area contributed by atoms with Gasteiger partial charge in [-0.3, -0.25) is 4.79 Å². The van der Waals surface area contributed by atoms with Gasteiger partial charge in [-0.1, -0.05) is 124 Å². The summed E-state index contributed by atoms with van der Waals surface area (Å²) in [5.74, 6) is 0.475. The number of rotatable bonds is 33. The highest BCUT2D eigenvalue weighted by molar-refractivity contribution is 5.69. The molecule has 1 N–H and O–H groups in total. The Bertz CT molecular complexity index is 631. The Morgan fingerprint density at radius 2 is 1.09 bits per heavy atom. The number of esters is 1. The average molecular weight is 628 g/mol. The Morgan fingerprint density at radius 3 is 1.68 bits per heavy atom. The molecule has 0 aliphatic heterocycles. The van der Waals surface area contributed by atoms with Crippen LogP contribution in [0.15, 0.2) is 0 Å². The van der Waals surface area contributed by atoms with Crippen molar-refractivity contribution in [1.29, 1.82) is 0 Å². The van der Waals surface area contributed by atoms with Gasteiger partial charge >= 0.3 is 12.1 Å². The van der Waals surface area contributed by atoms with Gasteiger partial charge in [0.1, 0.15) is 12.7 Å². The summed E-state index contributed by atoms with van der Waals surface area (Å²) >= 11 is 0. The van der Waals surface area contributed by atoms with Crippen LogP contribution in [0.1, 0.15) is 175 Å². The molecular formula is C37H73NO6. The Morgan fingerprint density at radius 1 is 0.591 bits per heavy atom. The molecule has 262 valence electrons. The minimum Gasteiger partial charge on any atom is -0.466 e. The maximum atomic E-state index is 12.4. The number of likely N-dealkylation sites (N-methyl/N-ethyl adjacent to an activating group) is 1. The molecule has 0 amide bonds. The lowest BCUT2D eigenvalue weighted by Crippen LogP contribution is -2.28. The first kappa shape index (κ1) is 42.7.